The second-order valence-electron chi connectivity index (χ2n) is 2.57. The maximum absolute atomic E-state index is 12.6. The molecular weight excluding hydrogens is 229 g/mol. The summed E-state index contributed by atoms with van der Waals surface area (Å²) >= 11 is 0. The average molecular weight is 231 g/mol. The van der Waals surface area contributed by atoms with E-state index in [9.17, 15) is 30.7 Å². The SMILES string of the molecule is Fc1cc[c]c(C(F)(F)F)c1C(F)(F)F. The molecule has 1 rings (SSSR count). The molecule has 0 saturated carbocycles. The van der Waals surface area contributed by atoms with Gasteiger partial charge in [-0.25, -0.2) is 4.39 Å². The maximum atomic E-state index is 12.6. The second kappa shape index (κ2) is 3.39. The lowest BCUT2D eigenvalue weighted by atomic mass is 10.1. The van der Waals surface area contributed by atoms with Gasteiger partial charge in [-0.1, -0.05) is 6.07 Å². The summed E-state index contributed by atoms with van der Waals surface area (Å²) < 4.78 is 85.1. The normalized spacial score (nSPS) is 13.0. The van der Waals surface area contributed by atoms with Crippen molar-refractivity contribution < 1.29 is 30.7 Å². The first-order valence-electron chi connectivity index (χ1n) is 3.48. The highest BCUT2D eigenvalue weighted by atomic mass is 19.4. The smallest absolute Gasteiger partial charge is 0.206 e. The molecule has 0 aliphatic heterocycles. The Hall–Kier alpha value is -1.27. The maximum Gasteiger partial charge on any atom is 0.419 e. The quantitative estimate of drug-likeness (QED) is 0.597. The fourth-order valence-corrected chi connectivity index (χ4v) is 0.974. The van der Waals surface area contributed by atoms with Gasteiger partial charge in [-0.3, -0.25) is 0 Å². The summed E-state index contributed by atoms with van der Waals surface area (Å²) in [5, 5.41) is 0. The zero-order valence-corrected chi connectivity index (χ0v) is 6.80. The Balaban J connectivity index is 3.48. The third kappa shape index (κ3) is 2.40. The molecule has 0 unspecified atom stereocenters. The van der Waals surface area contributed by atoms with Gasteiger partial charge in [-0.15, -0.1) is 0 Å². The van der Waals surface area contributed by atoms with Crippen LogP contribution >= 0.6 is 0 Å². The van der Waals surface area contributed by atoms with E-state index in [0.717, 1.165) is 0 Å². The van der Waals surface area contributed by atoms with Gasteiger partial charge in [-0.2, -0.15) is 26.3 Å². The van der Waals surface area contributed by atoms with Crippen LogP contribution in [-0.2, 0) is 12.4 Å². The molecule has 0 aromatic heterocycles. The van der Waals surface area contributed by atoms with Crippen LogP contribution in [0.4, 0.5) is 30.7 Å². The molecule has 0 bridgehead atoms. The van der Waals surface area contributed by atoms with E-state index in [2.05, 4.69) is 0 Å². The molecule has 15 heavy (non-hydrogen) atoms. The summed E-state index contributed by atoms with van der Waals surface area (Å²) in [6, 6.07) is 2.07. The van der Waals surface area contributed by atoms with Crippen molar-refractivity contribution in [2.24, 2.45) is 0 Å². The van der Waals surface area contributed by atoms with Crippen LogP contribution in [0.1, 0.15) is 11.1 Å². The van der Waals surface area contributed by atoms with E-state index < -0.39 is 29.3 Å². The minimum Gasteiger partial charge on any atom is -0.206 e. The Kier molecular flexibility index (Phi) is 2.67. The van der Waals surface area contributed by atoms with E-state index in [1.54, 1.807) is 0 Å². The van der Waals surface area contributed by atoms with Gasteiger partial charge in [0.15, 0.2) is 0 Å². The molecule has 0 nitrogen and oxygen atoms in total. The van der Waals surface area contributed by atoms with Crippen LogP contribution < -0.4 is 0 Å². The second-order valence-corrected chi connectivity index (χ2v) is 2.57. The number of alkyl halides is 6. The van der Waals surface area contributed by atoms with Crippen molar-refractivity contribution >= 4 is 0 Å². The highest BCUT2D eigenvalue weighted by Crippen LogP contribution is 2.40. The monoisotopic (exact) mass is 231 g/mol. The summed E-state index contributed by atoms with van der Waals surface area (Å²) in [7, 11) is 0. The highest BCUT2D eigenvalue weighted by Gasteiger charge is 2.45. The van der Waals surface area contributed by atoms with Crippen molar-refractivity contribution in [1.82, 2.24) is 0 Å². The van der Waals surface area contributed by atoms with E-state index in [1.807, 2.05) is 0 Å². The van der Waals surface area contributed by atoms with Crippen LogP contribution in [0.25, 0.3) is 0 Å². The van der Waals surface area contributed by atoms with Crippen molar-refractivity contribution in [2.75, 3.05) is 0 Å². The molecule has 0 atom stereocenters. The Bertz CT molecular complexity index is 360. The summed E-state index contributed by atoms with van der Waals surface area (Å²) in [6.45, 7) is 0. The zero-order chi connectivity index (χ0) is 11.9. The van der Waals surface area contributed by atoms with Gasteiger partial charge in [0.05, 0.1) is 5.56 Å². The van der Waals surface area contributed by atoms with Crippen LogP contribution in [0, 0.1) is 11.9 Å². The van der Waals surface area contributed by atoms with E-state index >= 15 is 0 Å². The lowest BCUT2D eigenvalue weighted by Crippen LogP contribution is -2.18. The van der Waals surface area contributed by atoms with E-state index in [1.165, 1.54) is 6.07 Å². The van der Waals surface area contributed by atoms with Gasteiger partial charge >= 0.3 is 12.4 Å². The molecule has 0 aliphatic rings. The fourth-order valence-electron chi connectivity index (χ4n) is 0.974. The molecule has 1 aromatic rings. The van der Waals surface area contributed by atoms with E-state index in [0.29, 0.717) is 6.07 Å². The molecule has 0 amide bonds. The summed E-state index contributed by atoms with van der Waals surface area (Å²) in [5.41, 5.74) is -4.48. The molecule has 7 heteroatoms. The minimum atomic E-state index is -5.40. The summed E-state index contributed by atoms with van der Waals surface area (Å²) in [5.74, 6) is -1.96. The Morgan fingerprint density at radius 1 is 0.933 bits per heavy atom. The van der Waals surface area contributed by atoms with E-state index in [4.69, 9.17) is 0 Å². The molecule has 0 spiro atoms. The van der Waals surface area contributed by atoms with Gasteiger partial charge in [0.1, 0.15) is 11.4 Å². The lowest BCUT2D eigenvalue weighted by molar-refractivity contribution is -0.164. The van der Waals surface area contributed by atoms with Crippen molar-refractivity contribution in [2.45, 2.75) is 12.4 Å². The predicted octanol–water partition coefficient (Wildman–Crippen LogP) is 3.66. The first-order chi connectivity index (χ1) is 6.64. The molecule has 0 N–H and O–H groups in total. The van der Waals surface area contributed by atoms with Gasteiger partial charge in [0.25, 0.3) is 0 Å². The number of benzene rings is 1. The van der Waals surface area contributed by atoms with Crippen molar-refractivity contribution in [3.05, 3.63) is 35.1 Å². The molecule has 0 fully saturated rings. The topological polar surface area (TPSA) is 0 Å². The largest absolute Gasteiger partial charge is 0.419 e. The molecular formula is C8H2F7. The third-order valence-electron chi connectivity index (χ3n) is 1.51. The van der Waals surface area contributed by atoms with Crippen LogP contribution in [0.2, 0.25) is 0 Å². The Morgan fingerprint density at radius 3 is 1.80 bits per heavy atom. The lowest BCUT2D eigenvalue weighted by Gasteiger charge is -2.15. The summed E-state index contributed by atoms with van der Waals surface area (Å²) in [4.78, 5) is 0. The molecule has 1 radical (unpaired) electrons. The zero-order valence-electron chi connectivity index (χ0n) is 6.80. The number of rotatable bonds is 0. The third-order valence-corrected chi connectivity index (χ3v) is 1.51. The highest BCUT2D eigenvalue weighted by molar-refractivity contribution is 5.32. The number of hydrogen-bond donors (Lipinski definition) is 0. The summed E-state index contributed by atoms with van der Waals surface area (Å²) in [6.07, 6.45) is -10.7. The van der Waals surface area contributed by atoms with Crippen molar-refractivity contribution in [1.29, 1.82) is 0 Å². The van der Waals surface area contributed by atoms with Gasteiger partial charge in [-0.05, 0) is 12.1 Å². The standard InChI is InChI=1S/C8H2F7/c9-5-3-1-2-4(7(10,11)12)6(5)8(13,14)15/h1,3H. The fraction of sp³-hybridized carbons (Fsp3) is 0.250. The van der Waals surface area contributed by atoms with Crippen LogP contribution in [0.5, 0.6) is 0 Å². The molecule has 1 aromatic carbocycles. The van der Waals surface area contributed by atoms with Gasteiger partial charge in [0.2, 0.25) is 0 Å². The van der Waals surface area contributed by atoms with Gasteiger partial charge < -0.3 is 0 Å². The minimum absolute atomic E-state index is 0.276. The first-order valence-corrected chi connectivity index (χ1v) is 3.48. The van der Waals surface area contributed by atoms with Crippen molar-refractivity contribution in [3.63, 3.8) is 0 Å². The Morgan fingerprint density at radius 2 is 1.47 bits per heavy atom. The molecule has 0 aliphatic carbocycles. The van der Waals surface area contributed by atoms with E-state index in [-0.39, 0.29) is 6.07 Å². The van der Waals surface area contributed by atoms with Crippen LogP contribution in [0.15, 0.2) is 12.1 Å². The molecule has 0 heterocycles. The first kappa shape index (κ1) is 11.8. The van der Waals surface area contributed by atoms with Crippen LogP contribution in [-0.4, -0.2) is 0 Å². The van der Waals surface area contributed by atoms with Gasteiger partial charge in [0, 0.05) is 0 Å². The predicted molar refractivity (Wildman–Crippen MR) is 35.2 cm³/mol. The van der Waals surface area contributed by atoms with Crippen molar-refractivity contribution in [3.8, 4) is 0 Å². The molecule has 0 saturated heterocycles. The Labute approximate surface area is 79.3 Å². The average Bonchev–Trinajstić information content (AvgIpc) is 1.99. The molecule has 83 valence electrons. The number of halogens is 7. The number of hydrogen-bond acceptors (Lipinski definition) is 0. The van der Waals surface area contributed by atoms with Crippen LogP contribution in [0.3, 0.4) is 0 Å².